The maximum atomic E-state index is 11.4. The van der Waals surface area contributed by atoms with Crippen molar-refractivity contribution in [2.75, 3.05) is 6.26 Å². The Labute approximate surface area is 118 Å². The highest BCUT2D eigenvalue weighted by atomic mass is 32.2. The molecule has 20 heavy (non-hydrogen) atoms. The van der Waals surface area contributed by atoms with Crippen LogP contribution in [0.15, 0.2) is 35.5 Å². The number of aryl methyl sites for hydroxylation is 1. The number of hydrogen-bond donors (Lipinski definition) is 1. The van der Waals surface area contributed by atoms with E-state index >= 15 is 0 Å². The van der Waals surface area contributed by atoms with E-state index in [1.807, 2.05) is 30.7 Å². The third-order valence-corrected chi connectivity index (χ3v) is 4.31. The van der Waals surface area contributed by atoms with E-state index in [1.54, 1.807) is 18.5 Å². The molecule has 0 saturated heterocycles. The first-order chi connectivity index (χ1) is 9.38. The average molecular weight is 294 g/mol. The van der Waals surface area contributed by atoms with Gasteiger partial charge in [0.25, 0.3) is 0 Å². The van der Waals surface area contributed by atoms with Crippen LogP contribution in [0.2, 0.25) is 0 Å². The van der Waals surface area contributed by atoms with Gasteiger partial charge >= 0.3 is 0 Å². The van der Waals surface area contributed by atoms with Crippen molar-refractivity contribution in [3.05, 3.63) is 42.0 Å². The van der Waals surface area contributed by atoms with Gasteiger partial charge in [0.1, 0.15) is 12.2 Å². The van der Waals surface area contributed by atoms with E-state index in [0.717, 1.165) is 11.4 Å². The fraction of sp³-hybridized carbons (Fsp3) is 0.385. The van der Waals surface area contributed by atoms with E-state index in [-0.39, 0.29) is 6.04 Å². The van der Waals surface area contributed by atoms with Crippen LogP contribution in [0.25, 0.3) is 0 Å². The molecule has 1 N–H and O–H groups in total. The van der Waals surface area contributed by atoms with Crippen molar-refractivity contribution in [1.82, 2.24) is 20.1 Å². The summed E-state index contributed by atoms with van der Waals surface area (Å²) in [6.45, 7) is 2.62. The summed E-state index contributed by atoms with van der Waals surface area (Å²) in [5, 5.41) is 11.1. The summed E-state index contributed by atoms with van der Waals surface area (Å²) in [5.41, 5.74) is 1.03. The first-order valence-electron chi connectivity index (χ1n) is 6.24. The molecule has 7 heteroatoms. The lowest BCUT2D eigenvalue weighted by atomic mass is 10.1. The SMILES string of the molecule is CC(NCc1nncn1C)c1ccc(S(C)(=O)=O)cc1. The van der Waals surface area contributed by atoms with Gasteiger partial charge in [-0.05, 0) is 24.6 Å². The molecule has 1 unspecified atom stereocenters. The molecule has 0 aliphatic rings. The van der Waals surface area contributed by atoms with Gasteiger partial charge in [-0.1, -0.05) is 12.1 Å². The van der Waals surface area contributed by atoms with Crippen molar-refractivity contribution in [2.24, 2.45) is 7.05 Å². The summed E-state index contributed by atoms with van der Waals surface area (Å²) in [7, 11) is -1.25. The number of aromatic nitrogens is 3. The Morgan fingerprint density at radius 3 is 2.45 bits per heavy atom. The van der Waals surface area contributed by atoms with E-state index < -0.39 is 9.84 Å². The van der Waals surface area contributed by atoms with E-state index in [2.05, 4.69) is 15.5 Å². The fourth-order valence-electron chi connectivity index (χ4n) is 1.83. The molecule has 0 aliphatic carbocycles. The van der Waals surface area contributed by atoms with Crippen molar-refractivity contribution >= 4 is 9.84 Å². The van der Waals surface area contributed by atoms with Gasteiger partial charge in [0, 0.05) is 19.3 Å². The number of hydrogen-bond acceptors (Lipinski definition) is 5. The topological polar surface area (TPSA) is 76.9 Å². The molecule has 6 nitrogen and oxygen atoms in total. The second-order valence-corrected chi connectivity index (χ2v) is 6.82. The van der Waals surface area contributed by atoms with Crippen molar-refractivity contribution in [2.45, 2.75) is 24.4 Å². The number of rotatable bonds is 5. The Morgan fingerprint density at radius 2 is 1.95 bits per heavy atom. The van der Waals surface area contributed by atoms with Gasteiger partial charge in [-0.15, -0.1) is 10.2 Å². The highest BCUT2D eigenvalue weighted by Gasteiger charge is 2.10. The lowest BCUT2D eigenvalue weighted by molar-refractivity contribution is 0.548. The van der Waals surface area contributed by atoms with E-state index in [9.17, 15) is 8.42 Å². The van der Waals surface area contributed by atoms with Crippen LogP contribution in [0, 0.1) is 0 Å². The minimum absolute atomic E-state index is 0.0975. The molecule has 2 aromatic rings. The molecule has 0 spiro atoms. The smallest absolute Gasteiger partial charge is 0.175 e. The van der Waals surface area contributed by atoms with Gasteiger partial charge < -0.3 is 9.88 Å². The van der Waals surface area contributed by atoms with Gasteiger partial charge in [0.15, 0.2) is 9.84 Å². The Kier molecular flexibility index (Phi) is 4.20. The number of benzene rings is 1. The normalized spacial score (nSPS) is 13.3. The monoisotopic (exact) mass is 294 g/mol. The third kappa shape index (κ3) is 3.43. The summed E-state index contributed by atoms with van der Waals surface area (Å²) < 4.78 is 24.7. The largest absolute Gasteiger partial charge is 0.320 e. The molecular weight excluding hydrogens is 276 g/mol. The maximum Gasteiger partial charge on any atom is 0.175 e. The average Bonchev–Trinajstić information content (AvgIpc) is 2.81. The molecule has 0 amide bonds. The van der Waals surface area contributed by atoms with Crippen LogP contribution < -0.4 is 5.32 Å². The summed E-state index contributed by atoms with van der Waals surface area (Å²) in [6, 6.07) is 7.01. The van der Waals surface area contributed by atoms with E-state index in [1.165, 1.54) is 6.26 Å². The summed E-state index contributed by atoms with van der Waals surface area (Å²) in [5.74, 6) is 0.851. The van der Waals surface area contributed by atoms with Crippen LogP contribution in [-0.4, -0.2) is 29.4 Å². The first-order valence-corrected chi connectivity index (χ1v) is 8.13. The number of nitrogens with zero attached hydrogens (tertiary/aromatic N) is 3. The third-order valence-electron chi connectivity index (χ3n) is 3.18. The molecule has 108 valence electrons. The molecule has 0 radical (unpaired) electrons. The second-order valence-electron chi connectivity index (χ2n) is 4.80. The number of nitrogens with one attached hydrogen (secondary N) is 1. The molecule has 0 aliphatic heterocycles. The number of sulfone groups is 1. The molecule has 0 fully saturated rings. The van der Waals surface area contributed by atoms with Crippen molar-refractivity contribution in [3.63, 3.8) is 0 Å². The maximum absolute atomic E-state index is 11.4. The molecule has 2 rings (SSSR count). The summed E-state index contributed by atoms with van der Waals surface area (Å²) in [4.78, 5) is 0.335. The highest BCUT2D eigenvalue weighted by Crippen LogP contribution is 2.16. The molecule has 0 bridgehead atoms. The highest BCUT2D eigenvalue weighted by molar-refractivity contribution is 7.90. The zero-order valence-electron chi connectivity index (χ0n) is 11.7. The Morgan fingerprint density at radius 1 is 1.30 bits per heavy atom. The van der Waals surface area contributed by atoms with Crippen molar-refractivity contribution in [3.8, 4) is 0 Å². The second kappa shape index (κ2) is 5.72. The lowest BCUT2D eigenvalue weighted by Crippen LogP contribution is -2.20. The zero-order valence-corrected chi connectivity index (χ0v) is 12.6. The van der Waals surface area contributed by atoms with Gasteiger partial charge in [0.05, 0.1) is 11.4 Å². The first kappa shape index (κ1) is 14.7. The van der Waals surface area contributed by atoms with E-state index in [0.29, 0.717) is 11.4 Å². The van der Waals surface area contributed by atoms with Crippen LogP contribution >= 0.6 is 0 Å². The standard InChI is InChI=1S/C13H18N4O2S/c1-10(14-8-13-16-15-9-17(13)2)11-4-6-12(7-5-11)20(3,18)19/h4-7,9-10,14H,8H2,1-3H3. The Balaban J connectivity index is 2.03. The lowest BCUT2D eigenvalue weighted by Gasteiger charge is -2.14. The minimum Gasteiger partial charge on any atom is -0.320 e. The van der Waals surface area contributed by atoms with E-state index in [4.69, 9.17) is 0 Å². The predicted octanol–water partition coefficient (Wildman–Crippen LogP) is 1.07. The van der Waals surface area contributed by atoms with Crippen LogP contribution in [0.5, 0.6) is 0 Å². The Hall–Kier alpha value is -1.73. The molecule has 1 aromatic carbocycles. The summed E-state index contributed by atoms with van der Waals surface area (Å²) >= 11 is 0. The zero-order chi connectivity index (χ0) is 14.8. The predicted molar refractivity (Wildman–Crippen MR) is 75.8 cm³/mol. The fourth-order valence-corrected chi connectivity index (χ4v) is 2.46. The van der Waals surface area contributed by atoms with Crippen LogP contribution in [0.3, 0.4) is 0 Å². The van der Waals surface area contributed by atoms with Gasteiger partial charge in [0.2, 0.25) is 0 Å². The van der Waals surface area contributed by atoms with Crippen molar-refractivity contribution in [1.29, 1.82) is 0 Å². The molecule has 1 atom stereocenters. The van der Waals surface area contributed by atoms with Crippen LogP contribution in [-0.2, 0) is 23.4 Å². The van der Waals surface area contributed by atoms with Gasteiger partial charge in [-0.25, -0.2) is 8.42 Å². The summed E-state index contributed by atoms with van der Waals surface area (Å²) in [6.07, 6.45) is 2.86. The molecule has 0 saturated carbocycles. The minimum atomic E-state index is -3.14. The molecule has 1 heterocycles. The van der Waals surface area contributed by atoms with Crippen molar-refractivity contribution < 1.29 is 8.42 Å². The van der Waals surface area contributed by atoms with Gasteiger partial charge in [-0.3, -0.25) is 0 Å². The van der Waals surface area contributed by atoms with Crippen LogP contribution in [0.1, 0.15) is 24.4 Å². The van der Waals surface area contributed by atoms with Crippen LogP contribution in [0.4, 0.5) is 0 Å². The molecular formula is C13H18N4O2S. The quantitative estimate of drug-likeness (QED) is 0.892. The Bertz CT molecular complexity index is 677. The molecule has 1 aromatic heterocycles. The van der Waals surface area contributed by atoms with Gasteiger partial charge in [-0.2, -0.15) is 0 Å².